The minimum Gasteiger partial charge on any atom is -0.390 e. The van der Waals surface area contributed by atoms with Gasteiger partial charge in [-0.25, -0.2) is 0 Å². The Labute approximate surface area is 89.3 Å². The van der Waals surface area contributed by atoms with Crippen molar-refractivity contribution < 1.29 is 14.9 Å². The van der Waals surface area contributed by atoms with E-state index in [0.29, 0.717) is 19.4 Å². The molecule has 0 heterocycles. The van der Waals surface area contributed by atoms with Gasteiger partial charge in [0, 0.05) is 12.8 Å². The normalized spacial score (nSPS) is 30.7. The van der Waals surface area contributed by atoms with Gasteiger partial charge in [0.2, 0.25) is 0 Å². The number of benzene rings is 1. The van der Waals surface area contributed by atoms with E-state index < -0.39 is 12.2 Å². The monoisotopic (exact) mass is 208 g/mol. The molecule has 1 aromatic rings. The first-order valence-corrected chi connectivity index (χ1v) is 5.27. The van der Waals surface area contributed by atoms with Crippen LogP contribution in [0.2, 0.25) is 0 Å². The number of aliphatic hydroxyl groups excluding tert-OH is 2. The lowest BCUT2D eigenvalue weighted by Crippen LogP contribution is -2.17. The Bertz CT molecular complexity index is 289. The molecule has 3 nitrogen and oxygen atoms in total. The van der Waals surface area contributed by atoms with E-state index in [2.05, 4.69) is 0 Å². The van der Waals surface area contributed by atoms with Gasteiger partial charge in [0.1, 0.15) is 0 Å². The van der Waals surface area contributed by atoms with E-state index in [-0.39, 0.29) is 6.10 Å². The highest BCUT2D eigenvalue weighted by Crippen LogP contribution is 2.23. The van der Waals surface area contributed by atoms with Crippen LogP contribution in [0.3, 0.4) is 0 Å². The molecule has 2 rings (SSSR count). The van der Waals surface area contributed by atoms with Gasteiger partial charge >= 0.3 is 0 Å². The fourth-order valence-corrected chi connectivity index (χ4v) is 1.87. The van der Waals surface area contributed by atoms with Gasteiger partial charge in [-0.05, 0) is 5.56 Å². The number of hydrogen-bond donors (Lipinski definition) is 2. The van der Waals surface area contributed by atoms with Crippen LogP contribution in [0.1, 0.15) is 18.4 Å². The smallest absolute Gasteiger partial charge is 0.0824 e. The average Bonchev–Trinajstić information content (AvgIpc) is 2.57. The molecule has 0 aromatic heterocycles. The average molecular weight is 208 g/mol. The standard InChI is InChI=1S/C12H16O3/c13-11-6-10(7-12(11)14)15-8-9-4-2-1-3-5-9/h1-5,10-14H,6-8H2. The third-order valence-electron chi connectivity index (χ3n) is 2.78. The highest BCUT2D eigenvalue weighted by Gasteiger charge is 2.31. The van der Waals surface area contributed by atoms with Crippen molar-refractivity contribution in [2.24, 2.45) is 0 Å². The summed E-state index contributed by atoms with van der Waals surface area (Å²) >= 11 is 0. The van der Waals surface area contributed by atoms with Crippen molar-refractivity contribution >= 4 is 0 Å². The summed E-state index contributed by atoms with van der Waals surface area (Å²) in [5.41, 5.74) is 1.12. The minimum atomic E-state index is -0.620. The second kappa shape index (κ2) is 4.75. The summed E-state index contributed by atoms with van der Waals surface area (Å²) in [4.78, 5) is 0. The van der Waals surface area contributed by atoms with Crippen molar-refractivity contribution in [1.29, 1.82) is 0 Å². The summed E-state index contributed by atoms with van der Waals surface area (Å²) in [7, 11) is 0. The van der Waals surface area contributed by atoms with E-state index in [0.717, 1.165) is 5.56 Å². The molecule has 0 spiro atoms. The van der Waals surface area contributed by atoms with E-state index in [1.807, 2.05) is 30.3 Å². The molecule has 0 saturated heterocycles. The van der Waals surface area contributed by atoms with Gasteiger partial charge in [0.05, 0.1) is 24.9 Å². The Hall–Kier alpha value is -0.900. The molecule has 1 aromatic carbocycles. The van der Waals surface area contributed by atoms with Crippen LogP contribution in [0.15, 0.2) is 30.3 Å². The van der Waals surface area contributed by atoms with Gasteiger partial charge < -0.3 is 14.9 Å². The second-order valence-electron chi connectivity index (χ2n) is 4.02. The largest absolute Gasteiger partial charge is 0.390 e. The van der Waals surface area contributed by atoms with E-state index >= 15 is 0 Å². The molecule has 1 aliphatic rings. The van der Waals surface area contributed by atoms with Crippen LogP contribution in [0.5, 0.6) is 0 Å². The lowest BCUT2D eigenvalue weighted by molar-refractivity contribution is 0.0354. The number of hydrogen-bond acceptors (Lipinski definition) is 3. The molecule has 2 N–H and O–H groups in total. The zero-order valence-corrected chi connectivity index (χ0v) is 8.54. The van der Waals surface area contributed by atoms with Crippen molar-refractivity contribution in [2.75, 3.05) is 0 Å². The van der Waals surface area contributed by atoms with E-state index in [4.69, 9.17) is 4.74 Å². The molecule has 0 bridgehead atoms. The molecule has 1 saturated carbocycles. The highest BCUT2D eigenvalue weighted by molar-refractivity contribution is 5.13. The van der Waals surface area contributed by atoms with Crippen LogP contribution in [0, 0.1) is 0 Å². The Morgan fingerprint density at radius 3 is 2.27 bits per heavy atom. The fraction of sp³-hybridized carbons (Fsp3) is 0.500. The number of rotatable bonds is 3. The van der Waals surface area contributed by atoms with Crippen LogP contribution < -0.4 is 0 Å². The van der Waals surface area contributed by atoms with Crippen molar-refractivity contribution in [3.63, 3.8) is 0 Å². The number of ether oxygens (including phenoxy) is 1. The first-order valence-electron chi connectivity index (χ1n) is 5.27. The molecule has 0 radical (unpaired) electrons. The topological polar surface area (TPSA) is 49.7 Å². The van der Waals surface area contributed by atoms with E-state index in [9.17, 15) is 10.2 Å². The maximum Gasteiger partial charge on any atom is 0.0824 e. The highest BCUT2D eigenvalue weighted by atomic mass is 16.5. The summed E-state index contributed by atoms with van der Waals surface area (Å²) in [6.45, 7) is 0.547. The summed E-state index contributed by atoms with van der Waals surface area (Å²) in [6.07, 6.45) is -0.186. The van der Waals surface area contributed by atoms with Gasteiger partial charge in [-0.3, -0.25) is 0 Å². The quantitative estimate of drug-likeness (QED) is 0.781. The van der Waals surface area contributed by atoms with Gasteiger partial charge in [0.25, 0.3) is 0 Å². The summed E-state index contributed by atoms with van der Waals surface area (Å²) < 4.78 is 5.61. The summed E-state index contributed by atoms with van der Waals surface area (Å²) in [5, 5.41) is 18.7. The van der Waals surface area contributed by atoms with Crippen LogP contribution in [0.25, 0.3) is 0 Å². The van der Waals surface area contributed by atoms with Crippen molar-refractivity contribution in [2.45, 2.75) is 37.8 Å². The zero-order chi connectivity index (χ0) is 10.7. The fourth-order valence-electron chi connectivity index (χ4n) is 1.87. The molecule has 1 fully saturated rings. The molecule has 3 heteroatoms. The third-order valence-corrected chi connectivity index (χ3v) is 2.78. The molecule has 2 atom stereocenters. The maximum atomic E-state index is 9.34. The molecular formula is C12H16O3. The predicted molar refractivity (Wildman–Crippen MR) is 56.3 cm³/mol. The predicted octanol–water partition coefficient (Wildman–Crippen LogP) is 1.09. The van der Waals surface area contributed by atoms with Crippen LogP contribution in [-0.4, -0.2) is 28.5 Å². The Morgan fingerprint density at radius 2 is 1.67 bits per heavy atom. The molecule has 0 aliphatic heterocycles. The Morgan fingerprint density at radius 1 is 1.07 bits per heavy atom. The minimum absolute atomic E-state index is 0.0183. The third kappa shape index (κ3) is 2.78. The second-order valence-corrected chi connectivity index (χ2v) is 4.02. The van der Waals surface area contributed by atoms with Gasteiger partial charge in [-0.15, -0.1) is 0 Å². The molecule has 82 valence electrons. The van der Waals surface area contributed by atoms with Crippen LogP contribution >= 0.6 is 0 Å². The lowest BCUT2D eigenvalue weighted by atomic mass is 10.2. The van der Waals surface area contributed by atoms with Crippen molar-refractivity contribution in [1.82, 2.24) is 0 Å². The van der Waals surface area contributed by atoms with Gasteiger partial charge in [-0.1, -0.05) is 30.3 Å². The summed E-state index contributed by atoms with van der Waals surface area (Å²) in [6, 6.07) is 9.91. The molecule has 2 unspecified atom stereocenters. The molecule has 1 aliphatic carbocycles. The van der Waals surface area contributed by atoms with Crippen molar-refractivity contribution in [3.05, 3.63) is 35.9 Å². The van der Waals surface area contributed by atoms with E-state index in [1.165, 1.54) is 0 Å². The molecule has 15 heavy (non-hydrogen) atoms. The van der Waals surface area contributed by atoms with Gasteiger partial charge in [-0.2, -0.15) is 0 Å². The summed E-state index contributed by atoms with van der Waals surface area (Å²) in [5.74, 6) is 0. The maximum absolute atomic E-state index is 9.34. The lowest BCUT2D eigenvalue weighted by Gasteiger charge is -2.10. The number of aliphatic hydroxyl groups is 2. The first-order chi connectivity index (χ1) is 7.25. The van der Waals surface area contributed by atoms with Crippen molar-refractivity contribution in [3.8, 4) is 0 Å². The molecular weight excluding hydrogens is 192 g/mol. The Kier molecular flexibility index (Phi) is 3.36. The zero-order valence-electron chi connectivity index (χ0n) is 8.54. The SMILES string of the molecule is OC1CC(OCc2ccccc2)CC1O. The van der Waals surface area contributed by atoms with Crippen LogP contribution in [0.4, 0.5) is 0 Å². The van der Waals surface area contributed by atoms with E-state index in [1.54, 1.807) is 0 Å². The van der Waals surface area contributed by atoms with Crippen LogP contribution in [-0.2, 0) is 11.3 Å². The first kappa shape index (κ1) is 10.6. The van der Waals surface area contributed by atoms with Gasteiger partial charge in [0.15, 0.2) is 0 Å². The Balaban J connectivity index is 1.80. The molecule has 0 amide bonds.